The van der Waals surface area contributed by atoms with Crippen LogP contribution in [0.3, 0.4) is 0 Å². The zero-order chi connectivity index (χ0) is 22.8. The van der Waals surface area contributed by atoms with E-state index in [1.54, 1.807) is 22.9 Å². The summed E-state index contributed by atoms with van der Waals surface area (Å²) in [7, 11) is -3.64. The standard InChI is InChI=1S/C21H21N7O2S3/c29-33(30,18-8-4-7-17-20(18)25-32-24-17)27-13-11-26(12-14-27)15-28-21(31)22-19(23-28)10-9-16-5-2-1-3-6-16/h1-10H,11-15H2,(H,22,23,31)/b10-9+. The van der Waals surface area contributed by atoms with Crippen LogP contribution < -0.4 is 0 Å². The molecule has 0 saturated carbocycles. The number of aromatic nitrogens is 5. The van der Waals surface area contributed by atoms with Crippen LogP contribution in [0.25, 0.3) is 23.2 Å². The molecule has 0 bridgehead atoms. The van der Waals surface area contributed by atoms with Crippen LogP contribution in [0.15, 0.2) is 53.4 Å². The minimum atomic E-state index is -3.64. The Bertz CT molecular complexity index is 1450. The number of rotatable bonds is 6. The summed E-state index contributed by atoms with van der Waals surface area (Å²) < 4.78 is 38.5. The highest BCUT2D eigenvalue weighted by Crippen LogP contribution is 2.25. The number of nitrogens with zero attached hydrogens (tertiary/aromatic N) is 6. The molecular weight excluding hydrogens is 478 g/mol. The third kappa shape index (κ3) is 4.66. The summed E-state index contributed by atoms with van der Waals surface area (Å²) in [5.41, 5.74) is 2.11. The maximum absolute atomic E-state index is 13.2. The van der Waals surface area contributed by atoms with Crippen LogP contribution >= 0.6 is 23.9 Å². The summed E-state index contributed by atoms with van der Waals surface area (Å²) >= 11 is 6.42. The number of H-pyrrole nitrogens is 1. The van der Waals surface area contributed by atoms with E-state index in [0.29, 0.717) is 54.5 Å². The molecule has 0 radical (unpaired) electrons. The first-order valence-corrected chi connectivity index (χ1v) is 12.9. The van der Waals surface area contributed by atoms with E-state index >= 15 is 0 Å². The Morgan fingerprint density at radius 3 is 2.58 bits per heavy atom. The van der Waals surface area contributed by atoms with Gasteiger partial charge in [-0.1, -0.05) is 42.5 Å². The maximum atomic E-state index is 13.2. The fourth-order valence-electron chi connectivity index (χ4n) is 3.72. The molecule has 0 aliphatic carbocycles. The lowest BCUT2D eigenvalue weighted by Crippen LogP contribution is -2.49. The predicted molar refractivity (Wildman–Crippen MR) is 131 cm³/mol. The quantitative estimate of drug-likeness (QED) is 0.407. The topological polar surface area (TPSA) is 100 Å². The summed E-state index contributed by atoms with van der Waals surface area (Å²) in [5, 5.41) is 3.21. The Morgan fingerprint density at radius 2 is 1.79 bits per heavy atom. The third-order valence-corrected chi connectivity index (χ3v) is 8.25. The lowest BCUT2D eigenvalue weighted by atomic mass is 10.2. The number of benzene rings is 2. The van der Waals surface area contributed by atoms with E-state index in [9.17, 15) is 8.42 Å². The van der Waals surface area contributed by atoms with Crippen molar-refractivity contribution in [3.63, 3.8) is 0 Å². The van der Waals surface area contributed by atoms with Crippen molar-refractivity contribution in [3.8, 4) is 0 Å². The van der Waals surface area contributed by atoms with Crippen molar-refractivity contribution in [1.29, 1.82) is 0 Å². The lowest BCUT2D eigenvalue weighted by Gasteiger charge is -2.33. The number of sulfonamides is 1. The first-order valence-electron chi connectivity index (χ1n) is 10.3. The zero-order valence-electron chi connectivity index (χ0n) is 17.5. The highest BCUT2D eigenvalue weighted by atomic mass is 32.2. The summed E-state index contributed by atoms with van der Waals surface area (Å²) in [5.74, 6) is 0.676. The van der Waals surface area contributed by atoms with E-state index < -0.39 is 10.0 Å². The molecule has 0 amide bonds. The Morgan fingerprint density at radius 1 is 1.00 bits per heavy atom. The highest BCUT2D eigenvalue weighted by molar-refractivity contribution is 7.89. The first-order chi connectivity index (χ1) is 16.0. The van der Waals surface area contributed by atoms with Crippen LogP contribution in [0.4, 0.5) is 0 Å². The Balaban J connectivity index is 1.24. The molecule has 0 atom stereocenters. The van der Waals surface area contributed by atoms with E-state index in [2.05, 4.69) is 23.7 Å². The molecule has 0 spiro atoms. The number of aromatic amines is 1. The summed E-state index contributed by atoms with van der Waals surface area (Å²) in [4.78, 5) is 6.76. The molecule has 12 heteroatoms. The number of hydrogen-bond donors (Lipinski definition) is 1. The van der Waals surface area contributed by atoms with Crippen molar-refractivity contribution >= 4 is 57.2 Å². The molecule has 4 aromatic rings. The Labute approximate surface area is 200 Å². The Hall–Kier alpha value is -2.77. The van der Waals surface area contributed by atoms with Crippen LogP contribution in [-0.2, 0) is 16.7 Å². The van der Waals surface area contributed by atoms with Gasteiger partial charge in [-0.2, -0.15) is 18.0 Å². The molecule has 9 nitrogen and oxygen atoms in total. The summed E-state index contributed by atoms with van der Waals surface area (Å²) in [6.45, 7) is 2.46. The van der Waals surface area contributed by atoms with Gasteiger partial charge in [0.15, 0.2) is 0 Å². The van der Waals surface area contributed by atoms with Crippen molar-refractivity contribution in [3.05, 3.63) is 64.7 Å². The van der Waals surface area contributed by atoms with Gasteiger partial charge < -0.3 is 0 Å². The second-order valence-corrected chi connectivity index (χ2v) is 10.4. The largest absolute Gasteiger partial charge is 0.282 e. The van der Waals surface area contributed by atoms with Gasteiger partial charge in [-0.15, -0.1) is 0 Å². The molecule has 1 saturated heterocycles. The van der Waals surface area contributed by atoms with E-state index in [0.717, 1.165) is 17.3 Å². The second kappa shape index (κ2) is 9.23. The molecule has 1 aliphatic rings. The van der Waals surface area contributed by atoms with Gasteiger partial charge in [-0.05, 0) is 36.0 Å². The number of hydrogen-bond acceptors (Lipinski definition) is 8. The highest BCUT2D eigenvalue weighted by Gasteiger charge is 2.30. The van der Waals surface area contributed by atoms with Gasteiger partial charge >= 0.3 is 0 Å². The third-order valence-electron chi connectivity index (χ3n) is 5.47. The maximum Gasteiger partial charge on any atom is 0.245 e. The van der Waals surface area contributed by atoms with Crippen molar-refractivity contribution in [1.82, 2.24) is 32.7 Å². The molecule has 33 heavy (non-hydrogen) atoms. The van der Waals surface area contributed by atoms with Gasteiger partial charge in [-0.3, -0.25) is 10.00 Å². The summed E-state index contributed by atoms with van der Waals surface area (Å²) in [6.07, 6.45) is 3.86. The second-order valence-electron chi connectivity index (χ2n) is 7.62. The lowest BCUT2D eigenvalue weighted by molar-refractivity contribution is 0.145. The summed E-state index contributed by atoms with van der Waals surface area (Å²) in [6, 6.07) is 15.0. The van der Waals surface area contributed by atoms with Crippen LogP contribution in [-0.4, -0.2) is 67.3 Å². The molecule has 170 valence electrons. The fraction of sp³-hybridized carbons (Fsp3) is 0.238. The Kier molecular flexibility index (Phi) is 6.17. The number of fused-ring (bicyclic) bond motifs is 1. The van der Waals surface area contributed by atoms with Gasteiger partial charge in [0.2, 0.25) is 14.8 Å². The van der Waals surface area contributed by atoms with Gasteiger partial charge in [-0.25, -0.2) is 13.1 Å². The molecular formula is C21H21N7O2S3. The van der Waals surface area contributed by atoms with Gasteiger partial charge in [0.1, 0.15) is 21.8 Å². The van der Waals surface area contributed by atoms with Crippen molar-refractivity contribution in [2.45, 2.75) is 11.6 Å². The molecule has 0 unspecified atom stereocenters. The SMILES string of the molecule is O=S(=O)(c1cccc2nsnc12)N1CCN(Cn2[nH]c(/C=C/c3ccccc3)nc2=S)CC1. The first kappa shape index (κ1) is 22.0. The minimum absolute atomic E-state index is 0.216. The zero-order valence-corrected chi connectivity index (χ0v) is 20.0. The van der Waals surface area contributed by atoms with Crippen LogP contribution in [0.1, 0.15) is 11.4 Å². The molecule has 1 aliphatic heterocycles. The number of piperazine rings is 1. The monoisotopic (exact) mass is 499 g/mol. The molecule has 2 aromatic heterocycles. The molecule has 3 heterocycles. The van der Waals surface area contributed by atoms with Crippen molar-refractivity contribution < 1.29 is 8.42 Å². The number of nitrogens with one attached hydrogen (secondary N) is 1. The van der Waals surface area contributed by atoms with Gasteiger partial charge in [0, 0.05) is 26.2 Å². The van der Waals surface area contributed by atoms with E-state index in [-0.39, 0.29) is 4.90 Å². The molecule has 1 N–H and O–H groups in total. The van der Waals surface area contributed by atoms with E-state index in [4.69, 9.17) is 12.2 Å². The smallest absolute Gasteiger partial charge is 0.245 e. The molecule has 5 rings (SSSR count). The average molecular weight is 500 g/mol. The van der Waals surface area contributed by atoms with Crippen LogP contribution in [0.2, 0.25) is 0 Å². The minimum Gasteiger partial charge on any atom is -0.282 e. The van der Waals surface area contributed by atoms with Crippen molar-refractivity contribution in [2.75, 3.05) is 26.2 Å². The van der Waals surface area contributed by atoms with Crippen LogP contribution in [0.5, 0.6) is 0 Å². The molecule has 1 fully saturated rings. The van der Waals surface area contributed by atoms with E-state index in [1.165, 1.54) is 4.31 Å². The molecule has 2 aromatic carbocycles. The van der Waals surface area contributed by atoms with Crippen molar-refractivity contribution in [2.24, 2.45) is 0 Å². The van der Waals surface area contributed by atoms with E-state index in [1.807, 2.05) is 42.5 Å². The average Bonchev–Trinajstić information content (AvgIpc) is 3.45. The normalized spacial score (nSPS) is 16.1. The van der Waals surface area contributed by atoms with Gasteiger partial charge in [0.25, 0.3) is 0 Å². The predicted octanol–water partition coefficient (Wildman–Crippen LogP) is 3.08. The van der Waals surface area contributed by atoms with Crippen LogP contribution in [0, 0.1) is 4.77 Å². The van der Waals surface area contributed by atoms with Gasteiger partial charge in [0.05, 0.1) is 18.4 Å². The fourth-order valence-corrected chi connectivity index (χ4v) is 6.10.